The van der Waals surface area contributed by atoms with E-state index in [-0.39, 0.29) is 17.1 Å². The van der Waals surface area contributed by atoms with Gasteiger partial charge in [0.25, 0.3) is 0 Å². The smallest absolute Gasteiger partial charge is 0.335 e. The molecule has 4 aromatic rings. The van der Waals surface area contributed by atoms with Gasteiger partial charge in [-0.3, -0.25) is 0 Å². The van der Waals surface area contributed by atoms with Crippen LogP contribution in [0.3, 0.4) is 0 Å². The van der Waals surface area contributed by atoms with Crippen LogP contribution < -0.4 is 4.74 Å². The van der Waals surface area contributed by atoms with E-state index in [1.165, 1.54) is 31.4 Å². The maximum Gasteiger partial charge on any atom is 0.335 e. The van der Waals surface area contributed by atoms with Gasteiger partial charge >= 0.3 is 5.97 Å². The Bertz CT molecular complexity index is 1430. The van der Waals surface area contributed by atoms with E-state index in [1.807, 2.05) is 18.4 Å². The zero-order valence-electron chi connectivity index (χ0n) is 19.7. The number of phenolic OH excluding ortho intramolecular Hbond substituents is 1. The minimum atomic E-state index is -1.04. The van der Waals surface area contributed by atoms with Crippen LogP contribution in [-0.4, -0.2) is 41.6 Å². The van der Waals surface area contributed by atoms with E-state index in [1.54, 1.807) is 37.4 Å². The van der Waals surface area contributed by atoms with E-state index in [2.05, 4.69) is 0 Å². The van der Waals surface area contributed by atoms with Gasteiger partial charge in [0.2, 0.25) is 0 Å². The third-order valence-electron chi connectivity index (χ3n) is 5.97. The minimum absolute atomic E-state index is 0.0513. The summed E-state index contributed by atoms with van der Waals surface area (Å²) < 4.78 is 26.9. The van der Waals surface area contributed by atoms with Crippen molar-refractivity contribution in [2.75, 3.05) is 20.8 Å². The Morgan fingerprint density at radius 3 is 2.37 bits per heavy atom. The lowest BCUT2D eigenvalue weighted by molar-refractivity contribution is 0.0697. The summed E-state index contributed by atoms with van der Waals surface area (Å²) >= 11 is 6.36. The Hall–Kier alpha value is -3.55. The minimum Gasteiger partial charge on any atom is -0.506 e. The second-order valence-electron chi connectivity index (χ2n) is 8.90. The van der Waals surface area contributed by atoms with Gasteiger partial charge in [-0.15, -0.1) is 0 Å². The quantitative estimate of drug-likeness (QED) is 0.307. The number of carboxylic acid groups (broad SMARTS) is 1. The molecule has 35 heavy (non-hydrogen) atoms. The SMILES string of the molecule is COCC(C)(C)c1c(-c2ccc(F)c(OC)c2)c2cc(Cl)cc(O)c2n1-c1ccc(C(=O)O)cc1. The van der Waals surface area contributed by atoms with Crippen LogP contribution in [0.5, 0.6) is 11.5 Å². The molecule has 4 rings (SSSR count). The number of carboxylic acids is 1. The van der Waals surface area contributed by atoms with Crippen molar-refractivity contribution in [3.63, 3.8) is 0 Å². The molecule has 8 heteroatoms. The molecule has 0 amide bonds. The summed E-state index contributed by atoms with van der Waals surface area (Å²) in [5.74, 6) is -1.51. The number of methoxy groups -OCH3 is 2. The number of halogens is 2. The van der Waals surface area contributed by atoms with Gasteiger partial charge in [-0.1, -0.05) is 31.5 Å². The van der Waals surface area contributed by atoms with Gasteiger partial charge in [-0.05, 0) is 48.0 Å². The molecule has 0 aliphatic heterocycles. The number of carbonyl (C=O) groups is 1. The largest absolute Gasteiger partial charge is 0.506 e. The number of hydrogen-bond acceptors (Lipinski definition) is 4. The first kappa shape index (κ1) is 24.6. The molecule has 0 aliphatic carbocycles. The predicted molar refractivity (Wildman–Crippen MR) is 134 cm³/mol. The van der Waals surface area contributed by atoms with Gasteiger partial charge in [-0.25, -0.2) is 9.18 Å². The van der Waals surface area contributed by atoms with Gasteiger partial charge in [0, 0.05) is 45.9 Å². The zero-order valence-corrected chi connectivity index (χ0v) is 20.5. The maximum absolute atomic E-state index is 14.3. The van der Waals surface area contributed by atoms with Crippen LogP contribution in [0.15, 0.2) is 54.6 Å². The fourth-order valence-electron chi connectivity index (χ4n) is 4.55. The lowest BCUT2D eigenvalue weighted by Crippen LogP contribution is -2.27. The zero-order chi connectivity index (χ0) is 25.5. The van der Waals surface area contributed by atoms with Crippen molar-refractivity contribution >= 4 is 28.5 Å². The average Bonchev–Trinajstić information content (AvgIpc) is 3.15. The number of aromatic hydroxyl groups is 1. The Morgan fingerprint density at radius 2 is 1.77 bits per heavy atom. The summed E-state index contributed by atoms with van der Waals surface area (Å²) in [6, 6.07) is 14.1. The second kappa shape index (κ2) is 9.24. The van der Waals surface area contributed by atoms with Gasteiger partial charge in [0.15, 0.2) is 11.6 Å². The highest BCUT2D eigenvalue weighted by molar-refractivity contribution is 6.32. The molecule has 0 bridgehead atoms. The molecule has 0 fully saturated rings. The summed E-state index contributed by atoms with van der Waals surface area (Å²) in [7, 11) is 3.00. The number of ether oxygens (including phenoxy) is 2. The van der Waals surface area contributed by atoms with Crippen molar-refractivity contribution in [1.82, 2.24) is 4.57 Å². The summed E-state index contributed by atoms with van der Waals surface area (Å²) in [6.07, 6.45) is 0. The van der Waals surface area contributed by atoms with Crippen molar-refractivity contribution in [3.8, 4) is 28.3 Å². The van der Waals surface area contributed by atoms with Crippen LogP contribution in [0.2, 0.25) is 5.02 Å². The first-order chi connectivity index (χ1) is 16.6. The number of benzene rings is 3. The molecule has 0 unspecified atom stereocenters. The average molecular weight is 498 g/mol. The van der Waals surface area contributed by atoms with E-state index in [0.717, 1.165) is 11.3 Å². The van der Waals surface area contributed by atoms with Gasteiger partial charge in [0.1, 0.15) is 5.75 Å². The Kier molecular flexibility index (Phi) is 6.49. The third kappa shape index (κ3) is 4.33. The van der Waals surface area contributed by atoms with Crippen LogP contribution in [0.1, 0.15) is 29.9 Å². The lowest BCUT2D eigenvalue weighted by Gasteiger charge is -2.28. The number of phenols is 1. The number of rotatable bonds is 7. The van der Waals surface area contributed by atoms with Crippen molar-refractivity contribution in [2.45, 2.75) is 19.3 Å². The van der Waals surface area contributed by atoms with Gasteiger partial charge < -0.3 is 24.3 Å². The molecule has 6 nitrogen and oxygen atoms in total. The Balaban J connectivity index is 2.19. The number of hydrogen-bond donors (Lipinski definition) is 2. The van der Waals surface area contributed by atoms with Crippen LogP contribution in [0.4, 0.5) is 4.39 Å². The fourth-order valence-corrected chi connectivity index (χ4v) is 4.76. The van der Waals surface area contributed by atoms with Crippen molar-refractivity contribution in [2.24, 2.45) is 0 Å². The normalized spacial score (nSPS) is 11.7. The van der Waals surface area contributed by atoms with Crippen molar-refractivity contribution in [1.29, 1.82) is 0 Å². The highest BCUT2D eigenvalue weighted by Crippen LogP contribution is 2.47. The molecule has 182 valence electrons. The molecule has 0 saturated heterocycles. The molecule has 2 N–H and O–H groups in total. The van der Waals surface area contributed by atoms with Crippen LogP contribution >= 0.6 is 11.6 Å². The molecule has 1 heterocycles. The van der Waals surface area contributed by atoms with E-state index in [9.17, 15) is 19.4 Å². The lowest BCUT2D eigenvalue weighted by atomic mass is 9.84. The molecule has 0 radical (unpaired) electrons. The van der Waals surface area contributed by atoms with Gasteiger partial charge in [0.05, 0.1) is 24.8 Å². The summed E-state index contributed by atoms with van der Waals surface area (Å²) in [4.78, 5) is 11.4. The Morgan fingerprint density at radius 1 is 1.09 bits per heavy atom. The number of fused-ring (bicyclic) bond motifs is 1. The molecular formula is C27H25ClFNO5. The van der Waals surface area contributed by atoms with Crippen LogP contribution in [0.25, 0.3) is 27.7 Å². The molecule has 3 aromatic carbocycles. The first-order valence-electron chi connectivity index (χ1n) is 10.8. The standard InChI is InChI=1S/C27H25ClFNO5/c1-27(2,14-34-3)25-23(16-7-10-20(29)22(11-16)35-4)19-12-17(28)13-21(31)24(19)30(25)18-8-5-15(6-9-18)26(32)33/h5-13,31H,14H2,1-4H3,(H,32,33). The molecular weight excluding hydrogens is 473 g/mol. The molecule has 1 aromatic heterocycles. The summed E-state index contributed by atoms with van der Waals surface area (Å²) in [6.45, 7) is 4.32. The van der Waals surface area contributed by atoms with Crippen LogP contribution in [-0.2, 0) is 10.2 Å². The van der Waals surface area contributed by atoms with Crippen molar-refractivity contribution in [3.05, 3.63) is 76.7 Å². The highest BCUT2D eigenvalue weighted by Gasteiger charge is 2.33. The number of aromatic nitrogens is 1. The van der Waals surface area contributed by atoms with E-state index < -0.39 is 17.2 Å². The summed E-state index contributed by atoms with van der Waals surface area (Å²) in [5.41, 5.74) is 2.81. The Labute approximate surface area is 207 Å². The number of aromatic carboxylic acids is 1. The monoisotopic (exact) mass is 497 g/mol. The molecule has 0 saturated carbocycles. The van der Waals surface area contributed by atoms with Crippen molar-refractivity contribution < 1.29 is 28.9 Å². The maximum atomic E-state index is 14.3. The van der Waals surface area contributed by atoms with E-state index >= 15 is 0 Å². The van der Waals surface area contributed by atoms with Gasteiger partial charge in [-0.2, -0.15) is 0 Å². The number of nitrogens with zero attached hydrogens (tertiary/aromatic N) is 1. The van der Waals surface area contributed by atoms with E-state index in [4.69, 9.17) is 21.1 Å². The van der Waals surface area contributed by atoms with Crippen LogP contribution in [0, 0.1) is 5.82 Å². The molecule has 0 aliphatic rings. The predicted octanol–water partition coefficient (Wildman–Crippen LogP) is 6.43. The topological polar surface area (TPSA) is 80.9 Å². The highest BCUT2D eigenvalue weighted by atomic mass is 35.5. The summed E-state index contributed by atoms with van der Waals surface area (Å²) in [5, 5.41) is 21.4. The fraction of sp³-hybridized carbons (Fsp3) is 0.222. The molecule has 0 atom stereocenters. The third-order valence-corrected chi connectivity index (χ3v) is 6.18. The second-order valence-corrected chi connectivity index (χ2v) is 9.33. The molecule has 0 spiro atoms. The van der Waals surface area contributed by atoms with E-state index in [0.29, 0.717) is 33.8 Å². The first-order valence-corrected chi connectivity index (χ1v) is 11.2.